The quantitative estimate of drug-likeness (QED) is 0.476. The van der Waals surface area contributed by atoms with E-state index in [9.17, 15) is 14.7 Å². The van der Waals surface area contributed by atoms with E-state index in [0.717, 1.165) is 4.47 Å². The van der Waals surface area contributed by atoms with E-state index in [-0.39, 0.29) is 37.3 Å². The number of carbonyl (C=O) groups excluding carboxylic acids is 2. The first-order chi connectivity index (χ1) is 15.5. The Kier molecular flexibility index (Phi) is 7.63. The first-order valence-electron chi connectivity index (χ1n) is 10.8. The molecule has 7 atom stereocenters. The average Bonchev–Trinajstić information content (AvgIpc) is 3.01. The normalized spacial score (nSPS) is 34.0. The number of methoxy groups -OCH3 is 1. The number of hydrogen-bond donors (Lipinski definition) is 1. The van der Waals surface area contributed by atoms with Crippen LogP contribution in [0.2, 0.25) is 0 Å². The largest absolute Gasteiger partial charge is 0.469 e. The van der Waals surface area contributed by atoms with Crippen LogP contribution in [-0.2, 0) is 28.5 Å². The predicted octanol–water partition coefficient (Wildman–Crippen LogP) is 2.56. The lowest BCUT2D eigenvalue weighted by atomic mass is 9.87. The van der Waals surface area contributed by atoms with E-state index >= 15 is 0 Å². The second kappa shape index (κ2) is 10.4. The summed E-state index contributed by atoms with van der Waals surface area (Å²) in [5, 5.41) is 9.67. The summed E-state index contributed by atoms with van der Waals surface area (Å²) in [6.07, 6.45) is 2.17. The molecule has 2 fully saturated rings. The van der Waals surface area contributed by atoms with Gasteiger partial charge in [0.15, 0.2) is 6.10 Å². The Labute approximate surface area is 194 Å². The number of carbonyl (C=O) groups is 2. The molecule has 4 rings (SSSR count). The first kappa shape index (κ1) is 23.4. The summed E-state index contributed by atoms with van der Waals surface area (Å²) < 4.78 is 30.2. The molecule has 8 nitrogen and oxygen atoms in total. The van der Waals surface area contributed by atoms with Gasteiger partial charge in [-0.2, -0.15) is 0 Å². The van der Waals surface area contributed by atoms with Crippen LogP contribution in [-0.4, -0.2) is 73.5 Å². The highest BCUT2D eigenvalue weighted by atomic mass is 79.9. The van der Waals surface area contributed by atoms with Crippen molar-refractivity contribution < 1.29 is 38.4 Å². The fourth-order valence-electron chi connectivity index (χ4n) is 4.43. The van der Waals surface area contributed by atoms with Crippen LogP contribution in [0.3, 0.4) is 0 Å². The van der Waals surface area contributed by atoms with E-state index in [4.69, 9.17) is 23.7 Å². The van der Waals surface area contributed by atoms with E-state index < -0.39 is 30.4 Å². The van der Waals surface area contributed by atoms with Crippen molar-refractivity contribution in [3.63, 3.8) is 0 Å². The molecule has 0 bridgehead atoms. The Morgan fingerprint density at radius 1 is 1.09 bits per heavy atom. The molecule has 2 saturated heterocycles. The van der Waals surface area contributed by atoms with Gasteiger partial charge in [0.1, 0.15) is 12.2 Å². The van der Waals surface area contributed by atoms with Gasteiger partial charge in [-0.25, -0.2) is 4.79 Å². The Morgan fingerprint density at radius 2 is 1.84 bits per heavy atom. The van der Waals surface area contributed by atoms with Crippen molar-refractivity contribution in [1.29, 1.82) is 0 Å². The first-order valence-corrected chi connectivity index (χ1v) is 11.5. The molecule has 1 aromatic rings. The standard InChI is InChI=1S/C23H27BrO8/c1-28-19(26)11-15-9-10-18-21(29-15)22(32-23(27)13-5-7-14(24)8-6-13)20-17(31-18)4-2-3-16(12-25)30-20/h2-3,5-8,15-18,20-22,25H,4,9-12H2,1H3/t15-,16+,17-,18+,20-,21+,22+/m0/s1. The Balaban J connectivity index is 1.58. The maximum absolute atomic E-state index is 13.0. The fraction of sp³-hybridized carbons (Fsp3) is 0.565. The van der Waals surface area contributed by atoms with Gasteiger partial charge < -0.3 is 28.8 Å². The SMILES string of the molecule is COC(=O)C[C@@H]1CC[C@H]2O[C@H]3CC=C[C@H](CO)O[C@@H]3[C@@H](OC(=O)c3ccc(Br)cc3)[C@@H]2O1. The van der Waals surface area contributed by atoms with Crippen molar-refractivity contribution in [2.45, 2.75) is 68.4 Å². The highest BCUT2D eigenvalue weighted by molar-refractivity contribution is 9.10. The van der Waals surface area contributed by atoms with Crippen LogP contribution in [0.4, 0.5) is 0 Å². The summed E-state index contributed by atoms with van der Waals surface area (Å²) >= 11 is 3.36. The summed E-state index contributed by atoms with van der Waals surface area (Å²) in [7, 11) is 1.34. The molecule has 0 aromatic heterocycles. The Hall–Kier alpha value is -1.78. The van der Waals surface area contributed by atoms with Gasteiger partial charge in [0.25, 0.3) is 0 Å². The van der Waals surface area contributed by atoms with Gasteiger partial charge in [-0.15, -0.1) is 0 Å². The van der Waals surface area contributed by atoms with Gasteiger partial charge in [0, 0.05) is 4.47 Å². The number of hydrogen-bond acceptors (Lipinski definition) is 8. The second-order valence-corrected chi connectivity index (χ2v) is 9.07. The van der Waals surface area contributed by atoms with Crippen molar-refractivity contribution in [2.24, 2.45) is 0 Å². The van der Waals surface area contributed by atoms with E-state index in [1.54, 1.807) is 30.3 Å². The summed E-state index contributed by atoms with van der Waals surface area (Å²) in [6, 6.07) is 6.89. The molecule has 1 N–H and O–H groups in total. The van der Waals surface area contributed by atoms with Crippen LogP contribution < -0.4 is 0 Å². The van der Waals surface area contributed by atoms with Crippen LogP contribution in [0, 0.1) is 0 Å². The molecule has 9 heteroatoms. The lowest BCUT2D eigenvalue weighted by molar-refractivity contribution is -0.274. The minimum absolute atomic E-state index is 0.114. The van der Waals surface area contributed by atoms with Crippen molar-refractivity contribution in [3.05, 3.63) is 46.5 Å². The zero-order chi connectivity index (χ0) is 22.7. The smallest absolute Gasteiger partial charge is 0.338 e. The monoisotopic (exact) mass is 510 g/mol. The number of aliphatic hydroxyl groups is 1. The Morgan fingerprint density at radius 3 is 2.56 bits per heavy atom. The van der Waals surface area contributed by atoms with Crippen LogP contribution in [0.1, 0.15) is 36.0 Å². The third kappa shape index (κ3) is 5.23. The number of fused-ring (bicyclic) bond motifs is 2. The van der Waals surface area contributed by atoms with Crippen molar-refractivity contribution in [1.82, 2.24) is 0 Å². The highest BCUT2D eigenvalue weighted by Gasteiger charge is 2.52. The number of rotatable bonds is 5. The van der Waals surface area contributed by atoms with Crippen molar-refractivity contribution in [3.8, 4) is 0 Å². The molecule has 0 saturated carbocycles. The van der Waals surface area contributed by atoms with Gasteiger partial charge in [-0.3, -0.25) is 4.79 Å². The Bertz CT molecular complexity index is 841. The number of ether oxygens (including phenoxy) is 5. The van der Waals surface area contributed by atoms with E-state index in [0.29, 0.717) is 24.8 Å². The molecule has 1 aromatic carbocycles. The molecular weight excluding hydrogens is 484 g/mol. The van der Waals surface area contributed by atoms with E-state index in [2.05, 4.69) is 15.9 Å². The van der Waals surface area contributed by atoms with Gasteiger partial charge in [-0.1, -0.05) is 28.1 Å². The van der Waals surface area contributed by atoms with Crippen molar-refractivity contribution in [2.75, 3.05) is 13.7 Å². The number of aliphatic hydroxyl groups excluding tert-OH is 1. The average molecular weight is 511 g/mol. The molecule has 0 amide bonds. The molecular formula is C23H27BrO8. The minimum atomic E-state index is -0.760. The molecule has 3 heterocycles. The lowest BCUT2D eigenvalue weighted by Gasteiger charge is -2.49. The lowest BCUT2D eigenvalue weighted by Crippen LogP contribution is -2.63. The third-order valence-corrected chi connectivity index (χ3v) is 6.56. The molecule has 3 aliphatic rings. The van der Waals surface area contributed by atoms with Crippen LogP contribution in [0.5, 0.6) is 0 Å². The molecule has 32 heavy (non-hydrogen) atoms. The number of benzene rings is 1. The second-order valence-electron chi connectivity index (χ2n) is 8.16. The van der Waals surface area contributed by atoms with Gasteiger partial charge in [-0.05, 0) is 43.5 Å². The molecule has 3 aliphatic heterocycles. The third-order valence-electron chi connectivity index (χ3n) is 6.03. The number of esters is 2. The van der Waals surface area contributed by atoms with E-state index in [1.807, 2.05) is 6.08 Å². The summed E-state index contributed by atoms with van der Waals surface area (Å²) in [4.78, 5) is 24.8. The molecule has 0 unspecified atom stereocenters. The molecule has 174 valence electrons. The van der Waals surface area contributed by atoms with Gasteiger partial charge in [0.2, 0.25) is 0 Å². The molecule has 0 spiro atoms. The topological polar surface area (TPSA) is 101 Å². The van der Waals surface area contributed by atoms with Crippen LogP contribution in [0.25, 0.3) is 0 Å². The molecule has 0 radical (unpaired) electrons. The van der Waals surface area contributed by atoms with Crippen molar-refractivity contribution >= 4 is 27.9 Å². The minimum Gasteiger partial charge on any atom is -0.469 e. The zero-order valence-corrected chi connectivity index (χ0v) is 19.3. The maximum Gasteiger partial charge on any atom is 0.338 e. The fourth-order valence-corrected chi connectivity index (χ4v) is 4.69. The van der Waals surface area contributed by atoms with E-state index in [1.165, 1.54) is 7.11 Å². The summed E-state index contributed by atoms with van der Waals surface area (Å²) in [5.74, 6) is -0.858. The number of halogens is 1. The van der Waals surface area contributed by atoms with Crippen LogP contribution >= 0.6 is 15.9 Å². The van der Waals surface area contributed by atoms with Crippen LogP contribution in [0.15, 0.2) is 40.9 Å². The van der Waals surface area contributed by atoms with Gasteiger partial charge in [0.05, 0.1) is 50.1 Å². The zero-order valence-electron chi connectivity index (χ0n) is 17.7. The summed E-state index contributed by atoms with van der Waals surface area (Å²) in [5.41, 5.74) is 0.403. The van der Waals surface area contributed by atoms with Gasteiger partial charge >= 0.3 is 11.9 Å². The highest BCUT2D eigenvalue weighted by Crippen LogP contribution is 2.38. The molecule has 0 aliphatic carbocycles. The predicted molar refractivity (Wildman–Crippen MR) is 116 cm³/mol. The summed E-state index contributed by atoms with van der Waals surface area (Å²) in [6.45, 7) is -0.201. The maximum atomic E-state index is 13.0.